The fraction of sp³-hybridized carbons (Fsp3) is 0.400. The Morgan fingerprint density at radius 3 is 2.54 bits per heavy atom. The summed E-state index contributed by atoms with van der Waals surface area (Å²) >= 11 is 2.61. The minimum Gasteiger partial charge on any atom is -0.394 e. The van der Waals surface area contributed by atoms with E-state index < -0.39 is 10.0 Å². The Morgan fingerprint density at radius 1 is 1.29 bits per heavy atom. The van der Waals surface area contributed by atoms with E-state index in [4.69, 9.17) is 0 Å². The SMILES string of the molecule is CC[C@H](CO)N(Cc1cccs1)C(=O)CNS(=O)(=O)c1cccs1. The second kappa shape index (κ2) is 8.72. The number of hydrogen-bond donors (Lipinski definition) is 2. The van der Waals surface area contributed by atoms with E-state index in [1.54, 1.807) is 11.4 Å². The van der Waals surface area contributed by atoms with Crippen molar-refractivity contribution in [2.45, 2.75) is 30.1 Å². The van der Waals surface area contributed by atoms with Gasteiger partial charge in [0.25, 0.3) is 10.0 Å². The van der Waals surface area contributed by atoms with Gasteiger partial charge in [-0.1, -0.05) is 19.1 Å². The zero-order valence-electron chi connectivity index (χ0n) is 13.2. The molecule has 0 bridgehead atoms. The highest BCUT2D eigenvalue weighted by atomic mass is 32.2. The van der Waals surface area contributed by atoms with Crippen molar-refractivity contribution in [1.82, 2.24) is 9.62 Å². The molecule has 0 fully saturated rings. The second-order valence-electron chi connectivity index (χ2n) is 5.10. The highest BCUT2D eigenvalue weighted by Crippen LogP contribution is 2.17. The van der Waals surface area contributed by atoms with Gasteiger partial charge in [-0.3, -0.25) is 4.79 Å². The van der Waals surface area contributed by atoms with Gasteiger partial charge in [-0.05, 0) is 29.3 Å². The molecule has 0 unspecified atom stereocenters. The van der Waals surface area contributed by atoms with Gasteiger partial charge in [-0.2, -0.15) is 0 Å². The molecule has 24 heavy (non-hydrogen) atoms. The Bertz CT molecular complexity index is 723. The second-order valence-corrected chi connectivity index (χ2v) is 9.08. The van der Waals surface area contributed by atoms with E-state index in [1.807, 2.05) is 24.4 Å². The molecule has 0 saturated carbocycles. The lowest BCUT2D eigenvalue weighted by molar-refractivity contribution is -0.134. The minimum atomic E-state index is -3.69. The number of nitrogens with zero attached hydrogens (tertiary/aromatic N) is 1. The zero-order valence-corrected chi connectivity index (χ0v) is 15.7. The van der Waals surface area contributed by atoms with Gasteiger partial charge >= 0.3 is 0 Å². The number of carbonyl (C=O) groups excluding carboxylic acids is 1. The van der Waals surface area contributed by atoms with Crippen molar-refractivity contribution in [3.05, 3.63) is 39.9 Å². The lowest BCUT2D eigenvalue weighted by Gasteiger charge is -2.29. The normalized spacial score (nSPS) is 12.9. The van der Waals surface area contributed by atoms with Crippen LogP contribution in [0.1, 0.15) is 18.2 Å². The topological polar surface area (TPSA) is 86.7 Å². The number of aliphatic hydroxyl groups excluding tert-OH is 1. The number of amides is 1. The summed E-state index contributed by atoms with van der Waals surface area (Å²) in [6, 6.07) is 6.59. The quantitative estimate of drug-likeness (QED) is 0.687. The first-order chi connectivity index (χ1) is 11.5. The summed E-state index contributed by atoms with van der Waals surface area (Å²) < 4.78 is 26.8. The van der Waals surface area contributed by atoms with Gasteiger partial charge in [0.2, 0.25) is 5.91 Å². The Labute approximate surface area is 149 Å². The van der Waals surface area contributed by atoms with Crippen LogP contribution in [0.2, 0.25) is 0 Å². The molecule has 9 heteroatoms. The predicted molar refractivity (Wildman–Crippen MR) is 95.5 cm³/mol. The van der Waals surface area contributed by atoms with E-state index in [-0.39, 0.29) is 29.3 Å². The van der Waals surface area contributed by atoms with Crippen LogP contribution in [-0.4, -0.2) is 43.5 Å². The van der Waals surface area contributed by atoms with Gasteiger partial charge in [0.05, 0.1) is 25.7 Å². The molecule has 132 valence electrons. The van der Waals surface area contributed by atoms with Crippen molar-refractivity contribution < 1.29 is 18.3 Å². The average molecular weight is 389 g/mol. The maximum absolute atomic E-state index is 12.5. The fourth-order valence-electron chi connectivity index (χ4n) is 2.19. The summed E-state index contributed by atoms with van der Waals surface area (Å²) in [5, 5.41) is 13.1. The molecule has 0 radical (unpaired) electrons. The molecule has 0 aromatic carbocycles. The number of thiophene rings is 2. The van der Waals surface area contributed by atoms with Crippen LogP contribution in [-0.2, 0) is 21.4 Å². The summed E-state index contributed by atoms with van der Waals surface area (Å²) in [4.78, 5) is 15.1. The summed E-state index contributed by atoms with van der Waals surface area (Å²) in [5.41, 5.74) is 0. The first-order valence-electron chi connectivity index (χ1n) is 7.43. The third-order valence-corrected chi connectivity index (χ3v) is 7.18. The monoisotopic (exact) mass is 388 g/mol. The molecule has 0 aliphatic carbocycles. The molecule has 1 atom stereocenters. The van der Waals surface area contributed by atoms with E-state index in [0.717, 1.165) is 16.2 Å². The highest BCUT2D eigenvalue weighted by Gasteiger charge is 2.24. The van der Waals surface area contributed by atoms with Crippen molar-refractivity contribution >= 4 is 38.6 Å². The molecule has 2 N–H and O–H groups in total. The smallest absolute Gasteiger partial charge is 0.250 e. The maximum atomic E-state index is 12.5. The van der Waals surface area contributed by atoms with E-state index in [1.165, 1.54) is 22.3 Å². The van der Waals surface area contributed by atoms with Gasteiger partial charge in [0.1, 0.15) is 4.21 Å². The van der Waals surface area contributed by atoms with Gasteiger partial charge in [0, 0.05) is 4.88 Å². The molecule has 2 aromatic rings. The van der Waals surface area contributed by atoms with Crippen LogP contribution in [0.15, 0.2) is 39.2 Å². The molecule has 6 nitrogen and oxygen atoms in total. The Morgan fingerprint density at radius 2 is 2.00 bits per heavy atom. The van der Waals surface area contributed by atoms with Crippen LogP contribution in [0.5, 0.6) is 0 Å². The number of carbonyl (C=O) groups is 1. The molecular weight excluding hydrogens is 368 g/mol. The van der Waals surface area contributed by atoms with Crippen molar-refractivity contribution in [3.8, 4) is 0 Å². The number of rotatable bonds is 9. The van der Waals surface area contributed by atoms with Gasteiger partial charge < -0.3 is 10.0 Å². The zero-order chi connectivity index (χ0) is 17.6. The Kier molecular flexibility index (Phi) is 6.93. The fourth-order valence-corrected chi connectivity index (χ4v) is 4.90. The molecule has 0 spiro atoms. The van der Waals surface area contributed by atoms with Crippen molar-refractivity contribution in [2.75, 3.05) is 13.2 Å². The van der Waals surface area contributed by atoms with Gasteiger partial charge in [-0.25, -0.2) is 13.1 Å². The third kappa shape index (κ3) is 4.87. The highest BCUT2D eigenvalue weighted by molar-refractivity contribution is 7.91. The Balaban J connectivity index is 2.07. The van der Waals surface area contributed by atoms with Crippen molar-refractivity contribution in [2.24, 2.45) is 0 Å². The molecule has 0 aliphatic heterocycles. The lowest BCUT2D eigenvalue weighted by Crippen LogP contribution is -2.46. The molecule has 2 aromatic heterocycles. The number of hydrogen-bond acceptors (Lipinski definition) is 6. The number of nitrogens with one attached hydrogen (secondary N) is 1. The van der Waals surface area contributed by atoms with Gasteiger partial charge in [0.15, 0.2) is 0 Å². The summed E-state index contributed by atoms with van der Waals surface area (Å²) in [6.45, 7) is 1.75. The molecule has 1 amide bonds. The third-order valence-electron chi connectivity index (χ3n) is 3.52. The summed E-state index contributed by atoms with van der Waals surface area (Å²) in [5.74, 6) is -0.357. The van der Waals surface area contributed by atoms with Crippen LogP contribution >= 0.6 is 22.7 Å². The lowest BCUT2D eigenvalue weighted by atomic mass is 10.2. The predicted octanol–water partition coefficient (Wildman–Crippen LogP) is 1.89. The Hall–Kier alpha value is -1.26. The van der Waals surface area contributed by atoms with Crippen LogP contribution in [0.25, 0.3) is 0 Å². The maximum Gasteiger partial charge on any atom is 0.250 e. The van der Waals surface area contributed by atoms with Crippen LogP contribution < -0.4 is 4.72 Å². The largest absolute Gasteiger partial charge is 0.394 e. The van der Waals surface area contributed by atoms with Crippen LogP contribution in [0.4, 0.5) is 0 Å². The molecule has 0 saturated heterocycles. The van der Waals surface area contributed by atoms with E-state index >= 15 is 0 Å². The number of aliphatic hydroxyl groups is 1. The standard InChI is InChI=1S/C15H20N2O4S3/c1-2-12(11-18)17(10-13-5-3-7-22-13)14(19)9-16-24(20,21)15-6-4-8-23-15/h3-8,12,16,18H,2,9-11H2,1H3/t12-/m1/s1. The van der Waals surface area contributed by atoms with Crippen LogP contribution in [0.3, 0.4) is 0 Å². The first-order valence-corrected chi connectivity index (χ1v) is 10.7. The van der Waals surface area contributed by atoms with Crippen LogP contribution in [0, 0.1) is 0 Å². The molecule has 2 heterocycles. The summed E-state index contributed by atoms with van der Waals surface area (Å²) in [7, 11) is -3.69. The van der Waals surface area contributed by atoms with E-state index in [0.29, 0.717) is 13.0 Å². The number of sulfonamides is 1. The average Bonchev–Trinajstić information content (AvgIpc) is 3.26. The van der Waals surface area contributed by atoms with E-state index in [2.05, 4.69) is 4.72 Å². The molecule has 0 aliphatic rings. The van der Waals surface area contributed by atoms with Crippen molar-refractivity contribution in [3.63, 3.8) is 0 Å². The first kappa shape index (κ1) is 19.1. The summed E-state index contributed by atoms with van der Waals surface area (Å²) in [6.07, 6.45) is 0.589. The molecule has 2 rings (SSSR count). The van der Waals surface area contributed by atoms with E-state index in [9.17, 15) is 18.3 Å². The van der Waals surface area contributed by atoms with Crippen molar-refractivity contribution in [1.29, 1.82) is 0 Å². The minimum absolute atomic E-state index is 0.161. The van der Waals surface area contributed by atoms with Gasteiger partial charge in [-0.15, -0.1) is 22.7 Å². The molecular formula is C15H20N2O4S3.